The zero-order valence-corrected chi connectivity index (χ0v) is 12.0. The van der Waals surface area contributed by atoms with Gasteiger partial charge in [-0.2, -0.15) is 0 Å². The molecule has 0 aliphatic rings. The van der Waals surface area contributed by atoms with E-state index >= 15 is 0 Å². The summed E-state index contributed by atoms with van der Waals surface area (Å²) in [5, 5.41) is 9.70. The van der Waals surface area contributed by atoms with Crippen LogP contribution in [0.1, 0.15) is 5.56 Å². The van der Waals surface area contributed by atoms with Crippen molar-refractivity contribution < 1.29 is 9.90 Å². The molecule has 3 aromatic rings. The fraction of sp³-hybridized carbons (Fsp3) is 0.118. The van der Waals surface area contributed by atoms with E-state index in [0.717, 1.165) is 22.1 Å². The van der Waals surface area contributed by atoms with Gasteiger partial charge in [-0.3, -0.25) is 14.6 Å². The van der Waals surface area contributed by atoms with E-state index in [4.69, 9.17) is 5.11 Å². The molecule has 0 unspecified atom stereocenters. The van der Waals surface area contributed by atoms with E-state index in [2.05, 4.69) is 4.98 Å². The van der Waals surface area contributed by atoms with Crippen LogP contribution in [0.25, 0.3) is 22.0 Å². The van der Waals surface area contributed by atoms with Crippen LogP contribution in [0.3, 0.4) is 0 Å². The number of aryl methyl sites for hydroxylation is 1. The molecule has 0 aliphatic carbocycles. The van der Waals surface area contributed by atoms with E-state index in [0.29, 0.717) is 0 Å². The van der Waals surface area contributed by atoms with Crippen LogP contribution >= 0.6 is 0 Å². The van der Waals surface area contributed by atoms with Crippen LogP contribution in [-0.4, -0.2) is 20.6 Å². The molecule has 5 nitrogen and oxygen atoms in total. The Bertz CT molecular complexity index is 911. The first-order chi connectivity index (χ1) is 10.6. The fourth-order valence-corrected chi connectivity index (χ4v) is 2.44. The Kier molecular flexibility index (Phi) is 3.47. The van der Waals surface area contributed by atoms with Gasteiger partial charge >= 0.3 is 5.97 Å². The lowest BCUT2D eigenvalue weighted by Crippen LogP contribution is -2.24. The first kappa shape index (κ1) is 14.0. The maximum Gasteiger partial charge on any atom is 0.323 e. The van der Waals surface area contributed by atoms with E-state index in [-0.39, 0.29) is 12.1 Å². The van der Waals surface area contributed by atoms with Crippen molar-refractivity contribution in [1.82, 2.24) is 9.55 Å². The molecule has 2 heterocycles. The standard InChI is InChI=1S/C17H14N2O3/c1-11-4-6-12(7-5-11)14-9-19(10-15(20)21)17(22)16-13(14)3-2-8-18-16/h2-9H,10H2,1H3,(H,20,21). The molecular weight excluding hydrogens is 280 g/mol. The summed E-state index contributed by atoms with van der Waals surface area (Å²) in [6.07, 6.45) is 3.12. The number of rotatable bonds is 3. The Morgan fingerprint density at radius 1 is 1.23 bits per heavy atom. The van der Waals surface area contributed by atoms with Gasteiger partial charge in [0.25, 0.3) is 5.56 Å². The number of carboxylic acid groups (broad SMARTS) is 1. The van der Waals surface area contributed by atoms with Gasteiger partial charge in [0.2, 0.25) is 0 Å². The van der Waals surface area contributed by atoms with Crippen LogP contribution in [0.15, 0.2) is 53.6 Å². The maximum atomic E-state index is 12.3. The molecule has 0 radical (unpaired) electrons. The fourth-order valence-electron chi connectivity index (χ4n) is 2.44. The predicted octanol–water partition coefficient (Wildman–Crippen LogP) is 2.46. The summed E-state index contributed by atoms with van der Waals surface area (Å²) in [6.45, 7) is 1.61. The Hall–Kier alpha value is -2.95. The van der Waals surface area contributed by atoms with Gasteiger partial charge in [0, 0.05) is 23.3 Å². The van der Waals surface area contributed by atoms with Gasteiger partial charge in [-0.25, -0.2) is 0 Å². The highest BCUT2D eigenvalue weighted by Crippen LogP contribution is 2.26. The van der Waals surface area contributed by atoms with Crippen LogP contribution in [0.5, 0.6) is 0 Å². The Morgan fingerprint density at radius 3 is 2.64 bits per heavy atom. The minimum absolute atomic E-state index is 0.279. The molecule has 0 saturated carbocycles. The average Bonchev–Trinajstić information content (AvgIpc) is 2.51. The van der Waals surface area contributed by atoms with Gasteiger partial charge in [-0.1, -0.05) is 35.9 Å². The monoisotopic (exact) mass is 294 g/mol. The third kappa shape index (κ3) is 2.48. The number of hydrogen-bond acceptors (Lipinski definition) is 3. The number of pyridine rings is 2. The summed E-state index contributed by atoms with van der Waals surface area (Å²) in [5.41, 5.74) is 2.73. The molecule has 0 atom stereocenters. The van der Waals surface area contributed by atoms with Crippen molar-refractivity contribution in [3.05, 3.63) is 64.7 Å². The van der Waals surface area contributed by atoms with Crippen molar-refractivity contribution in [3.63, 3.8) is 0 Å². The minimum Gasteiger partial charge on any atom is -0.480 e. The average molecular weight is 294 g/mol. The number of carbonyl (C=O) groups is 1. The number of nitrogens with zero attached hydrogens (tertiary/aromatic N) is 2. The van der Waals surface area contributed by atoms with Crippen LogP contribution in [0, 0.1) is 6.92 Å². The molecule has 110 valence electrons. The second-order valence-electron chi connectivity index (χ2n) is 5.14. The first-order valence-electron chi connectivity index (χ1n) is 6.83. The van der Waals surface area contributed by atoms with Crippen molar-refractivity contribution >= 4 is 16.9 Å². The Labute approximate surface area is 126 Å². The van der Waals surface area contributed by atoms with E-state index in [1.54, 1.807) is 12.3 Å². The summed E-state index contributed by atoms with van der Waals surface area (Å²) in [5.74, 6) is -1.06. The molecule has 0 aliphatic heterocycles. The third-order valence-electron chi connectivity index (χ3n) is 3.51. The normalized spacial score (nSPS) is 10.8. The molecule has 22 heavy (non-hydrogen) atoms. The Morgan fingerprint density at radius 2 is 1.95 bits per heavy atom. The molecular formula is C17H14N2O3. The minimum atomic E-state index is -1.06. The smallest absolute Gasteiger partial charge is 0.323 e. The number of benzene rings is 1. The van der Waals surface area contributed by atoms with Crippen molar-refractivity contribution in [2.75, 3.05) is 0 Å². The van der Waals surface area contributed by atoms with E-state index in [9.17, 15) is 9.59 Å². The molecule has 0 amide bonds. The lowest BCUT2D eigenvalue weighted by Gasteiger charge is -2.11. The summed E-state index contributed by atoms with van der Waals surface area (Å²) >= 11 is 0. The van der Waals surface area contributed by atoms with Gasteiger partial charge in [0.1, 0.15) is 12.1 Å². The van der Waals surface area contributed by atoms with Crippen LogP contribution < -0.4 is 5.56 Å². The second kappa shape index (κ2) is 5.44. The van der Waals surface area contributed by atoms with Crippen molar-refractivity contribution in [2.24, 2.45) is 0 Å². The summed E-state index contributed by atoms with van der Waals surface area (Å²) < 4.78 is 1.19. The summed E-state index contributed by atoms with van der Waals surface area (Å²) in [6, 6.07) is 11.4. The van der Waals surface area contributed by atoms with Gasteiger partial charge in [0.05, 0.1) is 0 Å². The molecule has 0 bridgehead atoms. The molecule has 1 aromatic carbocycles. The Balaban J connectivity index is 2.32. The van der Waals surface area contributed by atoms with Gasteiger partial charge < -0.3 is 9.67 Å². The van der Waals surface area contributed by atoms with Gasteiger partial charge in [-0.05, 0) is 18.6 Å². The van der Waals surface area contributed by atoms with Crippen molar-refractivity contribution in [3.8, 4) is 11.1 Å². The first-order valence-corrected chi connectivity index (χ1v) is 6.83. The van der Waals surface area contributed by atoms with E-state index in [1.807, 2.05) is 37.3 Å². The van der Waals surface area contributed by atoms with Gasteiger partial charge in [-0.15, -0.1) is 0 Å². The topological polar surface area (TPSA) is 72.2 Å². The van der Waals surface area contributed by atoms with E-state index in [1.165, 1.54) is 10.8 Å². The molecule has 0 fully saturated rings. The van der Waals surface area contributed by atoms with Crippen LogP contribution in [-0.2, 0) is 11.3 Å². The molecule has 1 N–H and O–H groups in total. The van der Waals surface area contributed by atoms with E-state index < -0.39 is 11.5 Å². The highest BCUT2D eigenvalue weighted by atomic mass is 16.4. The summed E-state index contributed by atoms with van der Waals surface area (Å²) in [4.78, 5) is 27.4. The maximum absolute atomic E-state index is 12.3. The quantitative estimate of drug-likeness (QED) is 0.805. The zero-order valence-electron chi connectivity index (χ0n) is 12.0. The zero-order chi connectivity index (χ0) is 15.7. The highest BCUT2D eigenvalue weighted by molar-refractivity contribution is 5.93. The molecule has 5 heteroatoms. The van der Waals surface area contributed by atoms with Crippen LogP contribution in [0.2, 0.25) is 0 Å². The van der Waals surface area contributed by atoms with Gasteiger partial charge in [0.15, 0.2) is 0 Å². The van der Waals surface area contributed by atoms with Crippen molar-refractivity contribution in [2.45, 2.75) is 13.5 Å². The highest BCUT2D eigenvalue weighted by Gasteiger charge is 2.12. The number of hydrogen-bond donors (Lipinski definition) is 1. The predicted molar refractivity (Wildman–Crippen MR) is 83.8 cm³/mol. The van der Waals surface area contributed by atoms with Crippen molar-refractivity contribution in [1.29, 1.82) is 0 Å². The van der Waals surface area contributed by atoms with Crippen LogP contribution in [0.4, 0.5) is 0 Å². The number of carboxylic acids is 1. The molecule has 3 rings (SSSR count). The third-order valence-corrected chi connectivity index (χ3v) is 3.51. The lowest BCUT2D eigenvalue weighted by atomic mass is 10.0. The second-order valence-corrected chi connectivity index (χ2v) is 5.14. The summed E-state index contributed by atoms with van der Waals surface area (Å²) in [7, 11) is 0. The largest absolute Gasteiger partial charge is 0.480 e. The molecule has 0 saturated heterocycles. The number of fused-ring (bicyclic) bond motifs is 1. The number of aromatic nitrogens is 2. The lowest BCUT2D eigenvalue weighted by molar-refractivity contribution is -0.137. The number of aliphatic carboxylic acids is 1. The SMILES string of the molecule is Cc1ccc(-c2cn(CC(=O)O)c(=O)c3ncccc23)cc1. The molecule has 0 spiro atoms. The molecule has 2 aromatic heterocycles.